The van der Waals surface area contributed by atoms with Crippen molar-refractivity contribution in [1.82, 2.24) is 4.98 Å². The first-order valence-electron chi connectivity index (χ1n) is 7.60. The number of anilines is 1. The van der Waals surface area contributed by atoms with Gasteiger partial charge in [-0.1, -0.05) is 44.3 Å². The van der Waals surface area contributed by atoms with Crippen molar-refractivity contribution in [2.45, 2.75) is 52.4 Å². The fourth-order valence-electron chi connectivity index (χ4n) is 3.17. The quantitative estimate of drug-likeness (QED) is 0.812. The van der Waals surface area contributed by atoms with E-state index < -0.39 is 0 Å². The summed E-state index contributed by atoms with van der Waals surface area (Å²) in [5.41, 5.74) is 9.69. The molecule has 3 nitrogen and oxygen atoms in total. The van der Waals surface area contributed by atoms with E-state index in [0.717, 1.165) is 35.1 Å². The molecule has 1 saturated carbocycles. The number of pyridine rings is 1. The van der Waals surface area contributed by atoms with Crippen LogP contribution in [0.1, 0.15) is 55.5 Å². The van der Waals surface area contributed by atoms with E-state index in [9.17, 15) is 0 Å². The van der Waals surface area contributed by atoms with E-state index in [0.29, 0.717) is 4.99 Å². The Kier molecular flexibility index (Phi) is 5.35. The first-order chi connectivity index (χ1) is 9.58. The molecular weight excluding hydrogens is 266 g/mol. The lowest BCUT2D eigenvalue weighted by atomic mass is 9.87. The summed E-state index contributed by atoms with van der Waals surface area (Å²) in [6.45, 7) is 4.96. The fraction of sp³-hybridized carbons (Fsp3) is 0.625. The van der Waals surface area contributed by atoms with Crippen LogP contribution in [0.4, 0.5) is 5.69 Å². The second-order valence-electron chi connectivity index (χ2n) is 5.86. The lowest BCUT2D eigenvalue weighted by molar-refractivity contribution is 0.345. The minimum absolute atomic E-state index is 0.426. The number of hydrogen-bond donors (Lipinski definition) is 2. The van der Waals surface area contributed by atoms with Crippen LogP contribution in [0.15, 0.2) is 6.07 Å². The number of hydrogen-bond acceptors (Lipinski definition) is 3. The number of aryl methyl sites for hydroxylation is 2. The largest absolute Gasteiger partial charge is 0.389 e. The van der Waals surface area contributed by atoms with Gasteiger partial charge in [0.05, 0.1) is 5.56 Å². The van der Waals surface area contributed by atoms with Crippen LogP contribution < -0.4 is 11.1 Å². The molecule has 0 amide bonds. The molecule has 1 aromatic heterocycles. The van der Waals surface area contributed by atoms with Gasteiger partial charge in [0.1, 0.15) is 4.99 Å². The van der Waals surface area contributed by atoms with Crippen molar-refractivity contribution in [3.05, 3.63) is 23.0 Å². The molecule has 20 heavy (non-hydrogen) atoms. The Hall–Kier alpha value is -1.16. The van der Waals surface area contributed by atoms with Gasteiger partial charge in [0.25, 0.3) is 0 Å². The monoisotopic (exact) mass is 291 g/mol. The highest BCUT2D eigenvalue weighted by atomic mass is 32.1. The molecular formula is C16H25N3S. The Morgan fingerprint density at radius 2 is 2.05 bits per heavy atom. The second kappa shape index (κ2) is 7.02. The maximum absolute atomic E-state index is 5.83. The number of aromatic nitrogens is 1. The van der Waals surface area contributed by atoms with Crippen molar-refractivity contribution < 1.29 is 0 Å². The number of nitrogens with zero attached hydrogens (tertiary/aromatic N) is 1. The second-order valence-corrected chi connectivity index (χ2v) is 6.30. The SMILES string of the molecule is Cc1cc(NCCC2CCCCC2)c(C(N)=S)c(C)n1. The molecule has 1 aliphatic rings. The number of nitrogens with one attached hydrogen (secondary N) is 1. The molecule has 1 fully saturated rings. The van der Waals surface area contributed by atoms with E-state index in [1.165, 1.54) is 38.5 Å². The Balaban J connectivity index is 1.99. The van der Waals surface area contributed by atoms with Crippen LogP contribution in [0.2, 0.25) is 0 Å². The van der Waals surface area contributed by atoms with Crippen LogP contribution in [0.3, 0.4) is 0 Å². The summed E-state index contributed by atoms with van der Waals surface area (Å²) in [6.07, 6.45) is 8.22. The lowest BCUT2D eigenvalue weighted by Gasteiger charge is -2.22. The normalized spacial score (nSPS) is 16.1. The number of rotatable bonds is 5. The van der Waals surface area contributed by atoms with Crippen molar-refractivity contribution in [3.8, 4) is 0 Å². The van der Waals surface area contributed by atoms with Gasteiger partial charge in [-0.25, -0.2) is 0 Å². The minimum Gasteiger partial charge on any atom is -0.389 e. The zero-order valence-corrected chi connectivity index (χ0v) is 13.4. The van der Waals surface area contributed by atoms with Gasteiger partial charge in [0.15, 0.2) is 0 Å². The van der Waals surface area contributed by atoms with Crippen LogP contribution >= 0.6 is 12.2 Å². The van der Waals surface area contributed by atoms with Gasteiger partial charge in [0, 0.05) is 23.6 Å². The molecule has 0 aromatic carbocycles. The molecule has 1 aromatic rings. The standard InChI is InChI=1S/C16H25N3S/c1-11-10-14(15(16(17)20)12(2)19-11)18-9-8-13-6-4-3-5-7-13/h10,13H,3-9H2,1-2H3,(H2,17,20)(H,18,19). The van der Waals surface area contributed by atoms with Crippen LogP contribution in [0.5, 0.6) is 0 Å². The van der Waals surface area contributed by atoms with Crippen LogP contribution in [-0.2, 0) is 0 Å². The van der Waals surface area contributed by atoms with Gasteiger partial charge in [0.2, 0.25) is 0 Å². The Labute approximate surface area is 127 Å². The zero-order valence-electron chi connectivity index (χ0n) is 12.5. The average molecular weight is 291 g/mol. The molecule has 110 valence electrons. The molecule has 0 unspecified atom stereocenters. The zero-order chi connectivity index (χ0) is 14.5. The van der Waals surface area contributed by atoms with Gasteiger partial charge in [-0.15, -0.1) is 0 Å². The van der Waals surface area contributed by atoms with Gasteiger partial charge < -0.3 is 11.1 Å². The van der Waals surface area contributed by atoms with E-state index >= 15 is 0 Å². The Morgan fingerprint density at radius 3 is 2.70 bits per heavy atom. The number of nitrogens with two attached hydrogens (primary N) is 1. The molecule has 0 aliphatic heterocycles. The third-order valence-corrected chi connectivity index (χ3v) is 4.37. The lowest BCUT2D eigenvalue weighted by Crippen LogP contribution is -2.18. The molecule has 0 saturated heterocycles. The van der Waals surface area contributed by atoms with Gasteiger partial charge in [-0.3, -0.25) is 4.98 Å². The average Bonchev–Trinajstić information content (AvgIpc) is 2.38. The van der Waals surface area contributed by atoms with E-state index in [4.69, 9.17) is 18.0 Å². The minimum atomic E-state index is 0.426. The molecule has 1 heterocycles. The van der Waals surface area contributed by atoms with E-state index in [1.54, 1.807) is 0 Å². The number of thiocarbonyl (C=S) groups is 1. The van der Waals surface area contributed by atoms with Crippen molar-refractivity contribution >= 4 is 22.9 Å². The highest BCUT2D eigenvalue weighted by molar-refractivity contribution is 7.80. The van der Waals surface area contributed by atoms with Gasteiger partial charge in [-0.2, -0.15) is 0 Å². The van der Waals surface area contributed by atoms with Crippen molar-refractivity contribution in [1.29, 1.82) is 0 Å². The molecule has 0 bridgehead atoms. The molecule has 2 rings (SSSR count). The Bertz CT molecular complexity index is 479. The highest BCUT2D eigenvalue weighted by Gasteiger charge is 2.14. The summed E-state index contributed by atoms with van der Waals surface area (Å²) in [6, 6.07) is 2.04. The maximum atomic E-state index is 5.83. The van der Waals surface area contributed by atoms with E-state index in [2.05, 4.69) is 10.3 Å². The van der Waals surface area contributed by atoms with Crippen LogP contribution in [0.25, 0.3) is 0 Å². The Morgan fingerprint density at radius 1 is 1.35 bits per heavy atom. The van der Waals surface area contributed by atoms with Crippen LogP contribution in [0, 0.1) is 19.8 Å². The molecule has 3 N–H and O–H groups in total. The van der Waals surface area contributed by atoms with Crippen LogP contribution in [-0.4, -0.2) is 16.5 Å². The smallest absolute Gasteiger partial charge is 0.107 e. The molecule has 1 aliphatic carbocycles. The topological polar surface area (TPSA) is 50.9 Å². The summed E-state index contributed by atoms with van der Waals surface area (Å²) in [4.78, 5) is 4.87. The summed E-state index contributed by atoms with van der Waals surface area (Å²) in [7, 11) is 0. The fourth-order valence-corrected chi connectivity index (χ4v) is 3.42. The summed E-state index contributed by atoms with van der Waals surface area (Å²) < 4.78 is 0. The summed E-state index contributed by atoms with van der Waals surface area (Å²) in [5, 5.41) is 3.52. The summed E-state index contributed by atoms with van der Waals surface area (Å²) in [5.74, 6) is 0.883. The third-order valence-electron chi connectivity index (χ3n) is 4.17. The highest BCUT2D eigenvalue weighted by Crippen LogP contribution is 2.26. The molecule has 4 heteroatoms. The predicted octanol–water partition coefficient (Wildman–Crippen LogP) is 3.71. The van der Waals surface area contributed by atoms with Crippen molar-refractivity contribution in [3.63, 3.8) is 0 Å². The summed E-state index contributed by atoms with van der Waals surface area (Å²) >= 11 is 5.15. The molecule has 0 atom stereocenters. The van der Waals surface area contributed by atoms with Gasteiger partial charge in [-0.05, 0) is 32.3 Å². The molecule has 0 spiro atoms. The first-order valence-corrected chi connectivity index (χ1v) is 8.00. The van der Waals surface area contributed by atoms with Crippen molar-refractivity contribution in [2.75, 3.05) is 11.9 Å². The predicted molar refractivity (Wildman–Crippen MR) is 89.3 cm³/mol. The van der Waals surface area contributed by atoms with E-state index in [-0.39, 0.29) is 0 Å². The first kappa shape index (κ1) is 15.2. The molecule has 0 radical (unpaired) electrons. The van der Waals surface area contributed by atoms with Crippen molar-refractivity contribution in [2.24, 2.45) is 11.7 Å². The van der Waals surface area contributed by atoms with E-state index in [1.807, 2.05) is 19.9 Å². The third kappa shape index (κ3) is 3.92. The maximum Gasteiger partial charge on any atom is 0.107 e. The van der Waals surface area contributed by atoms with Gasteiger partial charge >= 0.3 is 0 Å².